The molecule has 8 nitrogen and oxygen atoms in total. The average molecular weight is 322 g/mol. The van der Waals surface area contributed by atoms with Crippen LogP contribution in [0.2, 0.25) is 0 Å². The van der Waals surface area contributed by atoms with Gasteiger partial charge in [-0.2, -0.15) is 4.68 Å². The predicted octanol–water partition coefficient (Wildman–Crippen LogP) is 0.356. The van der Waals surface area contributed by atoms with E-state index in [0.717, 1.165) is 5.69 Å². The summed E-state index contributed by atoms with van der Waals surface area (Å²) in [5, 5.41) is 14.8. The van der Waals surface area contributed by atoms with Crippen LogP contribution in [-0.2, 0) is 10.0 Å². The van der Waals surface area contributed by atoms with Crippen molar-refractivity contribution >= 4 is 16.0 Å². The number of benzene rings is 1. The van der Waals surface area contributed by atoms with Crippen molar-refractivity contribution in [3.63, 3.8) is 0 Å². The number of nitrogens with zero attached hydrogens (tertiary/aromatic N) is 5. The molecule has 2 heterocycles. The van der Waals surface area contributed by atoms with E-state index in [1.807, 2.05) is 30.3 Å². The number of para-hydroxylation sites is 1. The minimum Gasteiger partial charge on any atom is -0.352 e. The molecule has 1 aromatic carbocycles. The Bertz CT molecular complexity index is 724. The van der Waals surface area contributed by atoms with Crippen molar-refractivity contribution in [2.24, 2.45) is 5.92 Å². The van der Waals surface area contributed by atoms with Crippen LogP contribution in [-0.4, -0.2) is 58.3 Å². The van der Waals surface area contributed by atoms with Crippen molar-refractivity contribution in [2.45, 2.75) is 6.92 Å². The average Bonchev–Trinajstić information content (AvgIpc) is 2.95. The fourth-order valence-corrected chi connectivity index (χ4v) is 3.58. The van der Waals surface area contributed by atoms with Crippen molar-refractivity contribution in [3.8, 4) is 5.69 Å². The summed E-state index contributed by atoms with van der Waals surface area (Å²) in [6.07, 6.45) is 0. The zero-order valence-corrected chi connectivity index (χ0v) is 13.1. The summed E-state index contributed by atoms with van der Waals surface area (Å²) in [5.74, 6) is 0.990. The van der Waals surface area contributed by atoms with Crippen molar-refractivity contribution in [1.82, 2.24) is 24.5 Å². The number of aromatic nitrogens is 4. The number of anilines is 1. The molecule has 1 aromatic heterocycles. The molecule has 0 aliphatic carbocycles. The van der Waals surface area contributed by atoms with Crippen LogP contribution in [0.15, 0.2) is 30.3 Å². The molecule has 0 amide bonds. The summed E-state index contributed by atoms with van der Waals surface area (Å²) in [7, 11) is -3.06. The van der Waals surface area contributed by atoms with E-state index in [-0.39, 0.29) is 11.7 Å². The Morgan fingerprint density at radius 1 is 1.27 bits per heavy atom. The normalized spacial score (nSPS) is 16.4. The Labute approximate surface area is 129 Å². The fraction of sp³-hybridized carbons (Fsp3) is 0.462. The first-order chi connectivity index (χ1) is 10.6. The Kier molecular flexibility index (Phi) is 4.08. The number of nitrogens with one attached hydrogen (secondary N) is 1. The number of hydrogen-bond acceptors (Lipinski definition) is 6. The summed E-state index contributed by atoms with van der Waals surface area (Å²) in [6.45, 7) is 3.41. The molecule has 22 heavy (non-hydrogen) atoms. The molecular weight excluding hydrogens is 304 g/mol. The molecule has 3 rings (SSSR count). The van der Waals surface area contributed by atoms with Gasteiger partial charge in [-0.1, -0.05) is 23.3 Å². The van der Waals surface area contributed by atoms with Crippen LogP contribution < -0.4 is 5.32 Å². The zero-order valence-electron chi connectivity index (χ0n) is 12.3. The second kappa shape index (κ2) is 6.01. The van der Waals surface area contributed by atoms with E-state index in [1.54, 1.807) is 11.6 Å². The number of tetrazole rings is 1. The van der Waals surface area contributed by atoms with Gasteiger partial charge in [0.1, 0.15) is 0 Å². The monoisotopic (exact) mass is 322 g/mol. The minimum absolute atomic E-state index is 0.152. The van der Waals surface area contributed by atoms with Gasteiger partial charge >= 0.3 is 0 Å². The van der Waals surface area contributed by atoms with Crippen molar-refractivity contribution in [2.75, 3.05) is 30.7 Å². The van der Waals surface area contributed by atoms with Gasteiger partial charge < -0.3 is 5.32 Å². The van der Waals surface area contributed by atoms with Gasteiger partial charge in [-0.05, 0) is 29.5 Å². The third-order valence-electron chi connectivity index (χ3n) is 3.70. The van der Waals surface area contributed by atoms with Crippen LogP contribution in [0, 0.1) is 5.92 Å². The van der Waals surface area contributed by atoms with Crippen LogP contribution in [0.3, 0.4) is 0 Å². The van der Waals surface area contributed by atoms with Crippen LogP contribution in [0.25, 0.3) is 5.69 Å². The molecule has 0 bridgehead atoms. The molecule has 0 unspecified atom stereocenters. The fourth-order valence-electron chi connectivity index (χ4n) is 2.34. The van der Waals surface area contributed by atoms with Crippen molar-refractivity contribution in [3.05, 3.63) is 30.3 Å². The van der Waals surface area contributed by atoms with Crippen LogP contribution in [0.4, 0.5) is 5.95 Å². The molecule has 0 saturated carbocycles. The summed E-state index contributed by atoms with van der Waals surface area (Å²) >= 11 is 0. The van der Waals surface area contributed by atoms with E-state index in [1.165, 1.54) is 4.31 Å². The van der Waals surface area contributed by atoms with Gasteiger partial charge in [-0.3, -0.25) is 0 Å². The van der Waals surface area contributed by atoms with Gasteiger partial charge in [0, 0.05) is 25.6 Å². The predicted molar refractivity (Wildman–Crippen MR) is 82.2 cm³/mol. The van der Waals surface area contributed by atoms with Gasteiger partial charge in [0.15, 0.2) is 0 Å². The number of rotatable bonds is 6. The molecule has 9 heteroatoms. The van der Waals surface area contributed by atoms with E-state index >= 15 is 0 Å². The minimum atomic E-state index is -3.06. The Hall–Kier alpha value is -2.00. The third kappa shape index (κ3) is 2.95. The number of sulfonamides is 1. The maximum Gasteiger partial charge on any atom is 0.247 e. The van der Waals surface area contributed by atoms with Gasteiger partial charge in [-0.25, -0.2) is 12.7 Å². The summed E-state index contributed by atoms with van der Waals surface area (Å²) in [4.78, 5) is 0. The molecule has 0 radical (unpaired) electrons. The maximum absolute atomic E-state index is 11.7. The Balaban J connectivity index is 1.58. The highest BCUT2D eigenvalue weighted by Gasteiger charge is 2.34. The van der Waals surface area contributed by atoms with E-state index in [0.29, 0.717) is 25.6 Å². The molecular formula is C13H18N6O2S. The summed E-state index contributed by atoms with van der Waals surface area (Å²) in [6, 6.07) is 9.60. The molecule has 1 aliphatic heterocycles. The quantitative estimate of drug-likeness (QED) is 0.825. The van der Waals surface area contributed by atoms with Crippen LogP contribution in [0.1, 0.15) is 6.92 Å². The number of hydrogen-bond donors (Lipinski definition) is 1. The lowest BCUT2D eigenvalue weighted by Gasteiger charge is -2.37. The first kappa shape index (κ1) is 14.9. The van der Waals surface area contributed by atoms with Gasteiger partial charge in [0.2, 0.25) is 16.0 Å². The lowest BCUT2D eigenvalue weighted by atomic mass is 10.0. The van der Waals surface area contributed by atoms with Crippen LogP contribution in [0.5, 0.6) is 0 Å². The van der Waals surface area contributed by atoms with E-state index < -0.39 is 10.0 Å². The van der Waals surface area contributed by atoms with E-state index in [4.69, 9.17) is 0 Å². The van der Waals surface area contributed by atoms with Crippen molar-refractivity contribution < 1.29 is 8.42 Å². The van der Waals surface area contributed by atoms with Gasteiger partial charge in [0.05, 0.1) is 11.4 Å². The van der Waals surface area contributed by atoms with E-state index in [9.17, 15) is 8.42 Å². The molecule has 0 atom stereocenters. The molecule has 0 spiro atoms. The highest BCUT2D eigenvalue weighted by Crippen LogP contribution is 2.20. The molecule has 1 N–H and O–H groups in total. The van der Waals surface area contributed by atoms with Crippen LogP contribution >= 0.6 is 0 Å². The largest absolute Gasteiger partial charge is 0.352 e. The maximum atomic E-state index is 11.7. The lowest BCUT2D eigenvalue weighted by molar-refractivity contribution is 0.211. The highest BCUT2D eigenvalue weighted by atomic mass is 32.2. The van der Waals surface area contributed by atoms with Crippen molar-refractivity contribution in [1.29, 1.82) is 0 Å². The molecule has 118 valence electrons. The molecule has 1 fully saturated rings. The molecule has 2 aromatic rings. The topological polar surface area (TPSA) is 93.0 Å². The first-order valence-electron chi connectivity index (χ1n) is 7.15. The van der Waals surface area contributed by atoms with Gasteiger partial charge in [0.25, 0.3) is 0 Å². The second-order valence-electron chi connectivity index (χ2n) is 5.21. The third-order valence-corrected chi connectivity index (χ3v) is 5.52. The summed E-state index contributed by atoms with van der Waals surface area (Å²) in [5.41, 5.74) is 0.874. The highest BCUT2D eigenvalue weighted by molar-refractivity contribution is 7.89. The lowest BCUT2D eigenvalue weighted by Crippen LogP contribution is -2.52. The molecule has 1 aliphatic rings. The Morgan fingerprint density at radius 2 is 2.00 bits per heavy atom. The zero-order chi connectivity index (χ0) is 15.6. The first-order valence-corrected chi connectivity index (χ1v) is 8.76. The van der Waals surface area contributed by atoms with Gasteiger partial charge in [-0.15, -0.1) is 0 Å². The SMILES string of the molecule is CCS(=O)(=O)N1CC(CNc2nnnn2-c2ccccc2)C1. The second-order valence-corrected chi connectivity index (χ2v) is 7.47. The summed E-state index contributed by atoms with van der Waals surface area (Å²) < 4.78 is 26.5. The smallest absolute Gasteiger partial charge is 0.247 e. The van der Waals surface area contributed by atoms with E-state index in [2.05, 4.69) is 20.8 Å². The molecule has 1 saturated heterocycles. The standard InChI is InChI=1S/C13H18N6O2S/c1-2-22(20,21)18-9-11(10-18)8-14-13-15-16-17-19(13)12-6-4-3-5-7-12/h3-7,11H,2,8-10H2,1H3,(H,14,15,17). The Morgan fingerprint density at radius 3 is 2.68 bits per heavy atom.